The van der Waals surface area contributed by atoms with E-state index >= 15 is 0 Å². The molecule has 0 unspecified atom stereocenters. The maximum atomic E-state index is 4.70. The second kappa shape index (κ2) is 4.52. The van der Waals surface area contributed by atoms with Crippen molar-refractivity contribution in [2.45, 2.75) is 32.9 Å². The van der Waals surface area contributed by atoms with Crippen LogP contribution < -0.4 is 5.32 Å². The fraction of sp³-hybridized carbons (Fsp3) is 0.357. The highest BCUT2D eigenvalue weighted by molar-refractivity contribution is 9.10. The molecule has 0 fully saturated rings. The van der Waals surface area contributed by atoms with Crippen molar-refractivity contribution in [1.82, 2.24) is 15.3 Å². The summed E-state index contributed by atoms with van der Waals surface area (Å²) in [5.74, 6) is 1.03. The van der Waals surface area contributed by atoms with Gasteiger partial charge in [-0.3, -0.25) is 0 Å². The number of nitrogens with zero attached hydrogens (tertiary/aromatic N) is 1. The summed E-state index contributed by atoms with van der Waals surface area (Å²) in [7, 11) is 0. The Balaban J connectivity index is 1.88. The Kier molecular flexibility index (Phi) is 2.99. The van der Waals surface area contributed by atoms with Crippen molar-refractivity contribution >= 4 is 15.9 Å². The van der Waals surface area contributed by atoms with Gasteiger partial charge in [0.1, 0.15) is 5.82 Å². The van der Waals surface area contributed by atoms with E-state index in [1.165, 1.54) is 16.8 Å². The molecule has 18 heavy (non-hydrogen) atoms. The highest BCUT2D eigenvalue weighted by atomic mass is 79.9. The third-order valence-electron chi connectivity index (χ3n) is 3.20. The van der Waals surface area contributed by atoms with Gasteiger partial charge in [0.2, 0.25) is 0 Å². The van der Waals surface area contributed by atoms with Crippen LogP contribution in [0.1, 0.15) is 30.9 Å². The van der Waals surface area contributed by atoms with E-state index in [1.807, 2.05) is 0 Å². The fourth-order valence-corrected chi connectivity index (χ4v) is 2.74. The zero-order valence-electron chi connectivity index (χ0n) is 10.5. The molecule has 0 spiro atoms. The lowest BCUT2D eigenvalue weighted by Gasteiger charge is -2.05. The van der Waals surface area contributed by atoms with Gasteiger partial charge >= 0.3 is 0 Å². The number of benzene rings is 1. The fourth-order valence-electron chi connectivity index (χ4n) is 2.33. The lowest BCUT2D eigenvalue weighted by Crippen LogP contribution is -2.22. The van der Waals surface area contributed by atoms with Crippen LogP contribution >= 0.6 is 15.9 Å². The van der Waals surface area contributed by atoms with E-state index in [0.717, 1.165) is 29.0 Å². The number of imidazole rings is 1. The lowest BCUT2D eigenvalue weighted by molar-refractivity contribution is 0.575. The van der Waals surface area contributed by atoms with Gasteiger partial charge in [-0.1, -0.05) is 35.8 Å². The van der Waals surface area contributed by atoms with Gasteiger partial charge in [0.25, 0.3) is 0 Å². The number of aromatic amines is 1. The topological polar surface area (TPSA) is 40.7 Å². The Bertz CT molecular complexity index is 587. The molecule has 0 amide bonds. The number of fused-ring (bicyclic) bond motifs is 3. The first-order valence-corrected chi connectivity index (χ1v) is 7.02. The average Bonchev–Trinajstić information content (AvgIpc) is 2.82. The SMILES string of the molecule is CC(C)NCc1nc2c([nH]1)Cc1cc(Br)ccc1-2. The summed E-state index contributed by atoms with van der Waals surface area (Å²) in [5.41, 5.74) is 4.98. The molecule has 3 nitrogen and oxygen atoms in total. The summed E-state index contributed by atoms with van der Waals surface area (Å²) in [6, 6.07) is 6.88. The van der Waals surface area contributed by atoms with Crippen LogP contribution in [0.2, 0.25) is 0 Å². The van der Waals surface area contributed by atoms with Crippen molar-refractivity contribution in [3.05, 3.63) is 39.8 Å². The maximum absolute atomic E-state index is 4.70. The van der Waals surface area contributed by atoms with E-state index in [2.05, 4.69) is 58.3 Å². The van der Waals surface area contributed by atoms with Crippen molar-refractivity contribution in [3.63, 3.8) is 0 Å². The maximum Gasteiger partial charge on any atom is 0.121 e. The Hall–Kier alpha value is -1.13. The minimum atomic E-state index is 0.480. The number of H-pyrrole nitrogens is 1. The molecule has 0 radical (unpaired) electrons. The van der Waals surface area contributed by atoms with Gasteiger partial charge in [0.05, 0.1) is 12.2 Å². The molecule has 1 aliphatic rings. The molecule has 0 saturated carbocycles. The minimum Gasteiger partial charge on any atom is -0.344 e. The van der Waals surface area contributed by atoms with Crippen LogP contribution in [0, 0.1) is 0 Å². The smallest absolute Gasteiger partial charge is 0.121 e. The zero-order valence-corrected chi connectivity index (χ0v) is 12.1. The monoisotopic (exact) mass is 305 g/mol. The summed E-state index contributed by atoms with van der Waals surface area (Å²) in [6.07, 6.45) is 0.957. The van der Waals surface area contributed by atoms with Gasteiger partial charge in [0.15, 0.2) is 0 Å². The third kappa shape index (κ3) is 2.10. The standard InChI is InChI=1S/C14H16BrN3/c1-8(2)16-7-13-17-12-6-9-5-10(15)3-4-11(9)14(12)18-13/h3-5,8,16H,6-7H2,1-2H3,(H,17,18). The van der Waals surface area contributed by atoms with E-state index in [9.17, 15) is 0 Å². The molecule has 1 aromatic heterocycles. The van der Waals surface area contributed by atoms with Crippen LogP contribution in [0.25, 0.3) is 11.3 Å². The van der Waals surface area contributed by atoms with E-state index in [-0.39, 0.29) is 0 Å². The first kappa shape index (κ1) is 11.9. The predicted molar refractivity (Wildman–Crippen MR) is 76.5 cm³/mol. The van der Waals surface area contributed by atoms with Crippen LogP contribution in [-0.4, -0.2) is 16.0 Å². The number of hydrogen-bond acceptors (Lipinski definition) is 2. The largest absolute Gasteiger partial charge is 0.344 e. The quantitative estimate of drug-likeness (QED) is 0.780. The molecule has 0 saturated heterocycles. The highest BCUT2D eigenvalue weighted by Crippen LogP contribution is 2.36. The summed E-state index contributed by atoms with van der Waals surface area (Å²) in [5, 5.41) is 3.38. The molecule has 0 aliphatic heterocycles. The highest BCUT2D eigenvalue weighted by Gasteiger charge is 2.22. The predicted octanol–water partition coefficient (Wildman–Crippen LogP) is 3.24. The Morgan fingerprint density at radius 2 is 2.28 bits per heavy atom. The van der Waals surface area contributed by atoms with Gasteiger partial charge in [-0.25, -0.2) is 4.98 Å². The van der Waals surface area contributed by atoms with Gasteiger partial charge in [-0.05, 0) is 17.7 Å². The van der Waals surface area contributed by atoms with Crippen molar-refractivity contribution in [2.24, 2.45) is 0 Å². The Morgan fingerprint density at radius 3 is 3.06 bits per heavy atom. The molecule has 1 aliphatic carbocycles. The molecular formula is C14H16BrN3. The molecule has 0 atom stereocenters. The normalized spacial score (nSPS) is 12.9. The first-order valence-electron chi connectivity index (χ1n) is 6.23. The minimum absolute atomic E-state index is 0.480. The lowest BCUT2D eigenvalue weighted by atomic mass is 10.1. The molecule has 1 aromatic carbocycles. The van der Waals surface area contributed by atoms with E-state index < -0.39 is 0 Å². The van der Waals surface area contributed by atoms with Crippen molar-refractivity contribution in [1.29, 1.82) is 0 Å². The average molecular weight is 306 g/mol. The van der Waals surface area contributed by atoms with Crippen LogP contribution in [0.3, 0.4) is 0 Å². The van der Waals surface area contributed by atoms with Crippen LogP contribution in [0.5, 0.6) is 0 Å². The Labute approximate surface area is 115 Å². The molecule has 3 rings (SSSR count). The molecule has 2 aromatic rings. The summed E-state index contributed by atoms with van der Waals surface area (Å²) in [6.45, 7) is 5.09. The van der Waals surface area contributed by atoms with Crippen molar-refractivity contribution in [2.75, 3.05) is 0 Å². The summed E-state index contributed by atoms with van der Waals surface area (Å²) < 4.78 is 1.13. The second-order valence-electron chi connectivity index (χ2n) is 5.02. The van der Waals surface area contributed by atoms with Crippen LogP contribution in [-0.2, 0) is 13.0 Å². The third-order valence-corrected chi connectivity index (χ3v) is 3.69. The zero-order chi connectivity index (χ0) is 12.7. The number of hydrogen-bond donors (Lipinski definition) is 2. The Morgan fingerprint density at radius 1 is 1.44 bits per heavy atom. The van der Waals surface area contributed by atoms with Gasteiger partial charge in [0, 0.05) is 28.2 Å². The molecule has 1 heterocycles. The summed E-state index contributed by atoms with van der Waals surface area (Å²) >= 11 is 3.51. The number of rotatable bonds is 3. The van der Waals surface area contributed by atoms with Gasteiger partial charge in [-0.15, -0.1) is 0 Å². The van der Waals surface area contributed by atoms with Crippen LogP contribution in [0.15, 0.2) is 22.7 Å². The van der Waals surface area contributed by atoms with Crippen LogP contribution in [0.4, 0.5) is 0 Å². The van der Waals surface area contributed by atoms with Crippen molar-refractivity contribution < 1.29 is 0 Å². The molecule has 94 valence electrons. The number of halogens is 1. The molecular weight excluding hydrogens is 290 g/mol. The molecule has 2 N–H and O–H groups in total. The molecule has 0 bridgehead atoms. The van der Waals surface area contributed by atoms with Crippen molar-refractivity contribution in [3.8, 4) is 11.3 Å². The summed E-state index contributed by atoms with van der Waals surface area (Å²) in [4.78, 5) is 8.13. The van der Waals surface area contributed by atoms with E-state index in [0.29, 0.717) is 6.04 Å². The number of nitrogens with one attached hydrogen (secondary N) is 2. The second-order valence-corrected chi connectivity index (χ2v) is 5.94. The van der Waals surface area contributed by atoms with Gasteiger partial charge in [-0.2, -0.15) is 0 Å². The first-order chi connectivity index (χ1) is 8.63. The van der Waals surface area contributed by atoms with E-state index in [4.69, 9.17) is 4.98 Å². The number of aromatic nitrogens is 2. The van der Waals surface area contributed by atoms with Gasteiger partial charge < -0.3 is 10.3 Å². The molecule has 4 heteroatoms. The van der Waals surface area contributed by atoms with E-state index in [1.54, 1.807) is 0 Å².